The summed E-state index contributed by atoms with van der Waals surface area (Å²) in [6.45, 7) is 6.14. The van der Waals surface area contributed by atoms with Gasteiger partial charge in [0.2, 0.25) is 5.91 Å². The Morgan fingerprint density at radius 1 is 1.20 bits per heavy atom. The van der Waals surface area contributed by atoms with Crippen molar-refractivity contribution >= 4 is 5.91 Å². The Morgan fingerprint density at radius 3 is 2.40 bits per heavy atom. The van der Waals surface area contributed by atoms with Crippen LogP contribution >= 0.6 is 0 Å². The van der Waals surface area contributed by atoms with Crippen LogP contribution in [-0.2, 0) is 4.79 Å². The SMILES string of the molecule is CC(C)C(=O)N(C)CCCN(C)C1CC(CCCO)C1. The van der Waals surface area contributed by atoms with Crippen LogP contribution in [-0.4, -0.2) is 60.6 Å². The van der Waals surface area contributed by atoms with Crippen molar-refractivity contribution in [3.63, 3.8) is 0 Å². The molecule has 0 aromatic heterocycles. The van der Waals surface area contributed by atoms with Crippen LogP contribution < -0.4 is 0 Å². The van der Waals surface area contributed by atoms with E-state index in [9.17, 15) is 4.79 Å². The van der Waals surface area contributed by atoms with Crippen LogP contribution in [0.15, 0.2) is 0 Å². The first-order valence-corrected chi connectivity index (χ1v) is 8.01. The Morgan fingerprint density at radius 2 is 1.85 bits per heavy atom. The molecule has 1 saturated carbocycles. The fraction of sp³-hybridized carbons (Fsp3) is 0.938. The molecule has 1 rings (SSSR count). The monoisotopic (exact) mass is 284 g/mol. The molecule has 0 heterocycles. The second kappa shape index (κ2) is 8.63. The molecule has 1 fully saturated rings. The maximum Gasteiger partial charge on any atom is 0.224 e. The lowest BCUT2D eigenvalue weighted by Crippen LogP contribution is -2.43. The van der Waals surface area contributed by atoms with E-state index >= 15 is 0 Å². The van der Waals surface area contributed by atoms with Gasteiger partial charge in [-0.2, -0.15) is 0 Å². The minimum atomic E-state index is 0.0941. The molecular weight excluding hydrogens is 252 g/mol. The molecule has 4 heteroatoms. The number of aliphatic hydroxyl groups is 1. The zero-order valence-electron chi connectivity index (χ0n) is 13.6. The molecule has 0 spiro atoms. The summed E-state index contributed by atoms with van der Waals surface area (Å²) in [6.07, 6.45) is 5.72. The molecule has 0 radical (unpaired) electrons. The lowest BCUT2D eigenvalue weighted by molar-refractivity contribution is -0.133. The van der Waals surface area contributed by atoms with E-state index in [0.717, 1.165) is 31.8 Å². The van der Waals surface area contributed by atoms with Gasteiger partial charge in [0.1, 0.15) is 0 Å². The molecule has 0 aromatic carbocycles. The molecule has 1 amide bonds. The minimum absolute atomic E-state index is 0.0941. The highest BCUT2D eigenvalue weighted by molar-refractivity contribution is 5.77. The third kappa shape index (κ3) is 5.41. The third-order valence-corrected chi connectivity index (χ3v) is 4.48. The fourth-order valence-corrected chi connectivity index (χ4v) is 2.97. The second-order valence-electron chi connectivity index (χ2n) is 6.61. The van der Waals surface area contributed by atoms with E-state index in [-0.39, 0.29) is 11.8 Å². The summed E-state index contributed by atoms with van der Waals surface area (Å²) >= 11 is 0. The standard InChI is InChI=1S/C16H32N2O2/c1-13(2)16(20)18(4)9-6-8-17(3)15-11-14(12-15)7-5-10-19/h13-15,19H,5-12H2,1-4H3. The third-order valence-electron chi connectivity index (χ3n) is 4.48. The summed E-state index contributed by atoms with van der Waals surface area (Å²) in [5.41, 5.74) is 0. The fourth-order valence-electron chi connectivity index (χ4n) is 2.97. The average molecular weight is 284 g/mol. The topological polar surface area (TPSA) is 43.8 Å². The normalized spacial score (nSPS) is 22.1. The lowest BCUT2D eigenvalue weighted by Gasteiger charge is -2.41. The number of nitrogens with zero attached hydrogens (tertiary/aromatic N) is 2. The Balaban J connectivity index is 2.10. The zero-order valence-corrected chi connectivity index (χ0v) is 13.6. The van der Waals surface area contributed by atoms with E-state index in [2.05, 4.69) is 11.9 Å². The van der Waals surface area contributed by atoms with Crippen molar-refractivity contribution in [3.05, 3.63) is 0 Å². The van der Waals surface area contributed by atoms with Crippen LogP contribution in [0.2, 0.25) is 0 Å². The van der Waals surface area contributed by atoms with Gasteiger partial charge < -0.3 is 14.9 Å². The smallest absolute Gasteiger partial charge is 0.224 e. The van der Waals surface area contributed by atoms with E-state index in [1.165, 1.54) is 19.3 Å². The minimum Gasteiger partial charge on any atom is -0.396 e. The highest BCUT2D eigenvalue weighted by Crippen LogP contribution is 2.34. The summed E-state index contributed by atoms with van der Waals surface area (Å²) in [7, 11) is 4.09. The van der Waals surface area contributed by atoms with Crippen molar-refractivity contribution in [2.45, 2.75) is 52.0 Å². The van der Waals surface area contributed by atoms with Gasteiger partial charge in [-0.15, -0.1) is 0 Å². The summed E-state index contributed by atoms with van der Waals surface area (Å²) in [4.78, 5) is 16.0. The number of rotatable bonds is 9. The van der Waals surface area contributed by atoms with Gasteiger partial charge in [-0.05, 0) is 51.6 Å². The largest absolute Gasteiger partial charge is 0.396 e. The summed E-state index contributed by atoms with van der Waals surface area (Å²) < 4.78 is 0. The molecule has 20 heavy (non-hydrogen) atoms. The molecule has 1 N–H and O–H groups in total. The zero-order chi connectivity index (χ0) is 15.1. The van der Waals surface area contributed by atoms with Crippen LogP contribution in [0.5, 0.6) is 0 Å². The van der Waals surface area contributed by atoms with Crippen LogP contribution in [0.25, 0.3) is 0 Å². The molecule has 118 valence electrons. The molecule has 0 aromatic rings. The molecule has 4 nitrogen and oxygen atoms in total. The predicted octanol–water partition coefficient (Wildman–Crippen LogP) is 1.97. The van der Waals surface area contributed by atoms with Gasteiger partial charge in [-0.25, -0.2) is 0 Å². The van der Waals surface area contributed by atoms with Gasteiger partial charge in [-0.3, -0.25) is 4.79 Å². The van der Waals surface area contributed by atoms with Crippen molar-refractivity contribution in [3.8, 4) is 0 Å². The highest BCUT2D eigenvalue weighted by atomic mass is 16.2. The first-order valence-electron chi connectivity index (χ1n) is 8.01. The number of carbonyl (C=O) groups excluding carboxylic acids is 1. The first kappa shape index (κ1) is 17.4. The number of carbonyl (C=O) groups is 1. The first-order chi connectivity index (χ1) is 9.45. The number of hydrogen-bond acceptors (Lipinski definition) is 3. The van der Waals surface area contributed by atoms with E-state index in [1.807, 2.05) is 25.8 Å². The van der Waals surface area contributed by atoms with E-state index < -0.39 is 0 Å². The maximum atomic E-state index is 11.8. The van der Waals surface area contributed by atoms with Crippen molar-refractivity contribution in [1.82, 2.24) is 9.80 Å². The van der Waals surface area contributed by atoms with Crippen LogP contribution in [0, 0.1) is 11.8 Å². The average Bonchev–Trinajstić information content (AvgIpc) is 2.35. The Kier molecular flexibility index (Phi) is 7.52. The highest BCUT2D eigenvalue weighted by Gasteiger charge is 2.31. The number of amides is 1. The molecule has 1 aliphatic carbocycles. The number of hydrogen-bond donors (Lipinski definition) is 1. The Hall–Kier alpha value is -0.610. The van der Waals surface area contributed by atoms with E-state index in [0.29, 0.717) is 12.6 Å². The van der Waals surface area contributed by atoms with Gasteiger partial charge in [0.15, 0.2) is 0 Å². The van der Waals surface area contributed by atoms with Gasteiger partial charge in [0, 0.05) is 32.2 Å². The van der Waals surface area contributed by atoms with Crippen LogP contribution in [0.4, 0.5) is 0 Å². The second-order valence-corrected chi connectivity index (χ2v) is 6.61. The Bertz CT molecular complexity index is 288. The molecule has 0 bridgehead atoms. The number of aliphatic hydroxyl groups excluding tert-OH is 1. The van der Waals surface area contributed by atoms with E-state index in [1.54, 1.807) is 0 Å². The summed E-state index contributed by atoms with van der Waals surface area (Å²) in [5, 5.41) is 8.82. The van der Waals surface area contributed by atoms with Crippen molar-refractivity contribution in [2.75, 3.05) is 33.8 Å². The molecule has 0 unspecified atom stereocenters. The van der Waals surface area contributed by atoms with Gasteiger partial charge in [0.05, 0.1) is 0 Å². The molecular formula is C16H32N2O2. The Labute approximate surface area is 124 Å². The summed E-state index contributed by atoms with van der Waals surface area (Å²) in [5.74, 6) is 1.15. The molecule has 0 saturated heterocycles. The van der Waals surface area contributed by atoms with Crippen molar-refractivity contribution in [1.29, 1.82) is 0 Å². The van der Waals surface area contributed by atoms with Gasteiger partial charge >= 0.3 is 0 Å². The van der Waals surface area contributed by atoms with E-state index in [4.69, 9.17) is 5.11 Å². The van der Waals surface area contributed by atoms with Crippen molar-refractivity contribution in [2.24, 2.45) is 11.8 Å². The van der Waals surface area contributed by atoms with Crippen LogP contribution in [0.3, 0.4) is 0 Å². The quantitative estimate of drug-likeness (QED) is 0.704. The van der Waals surface area contributed by atoms with Gasteiger partial charge in [-0.1, -0.05) is 13.8 Å². The lowest BCUT2D eigenvalue weighted by atomic mass is 9.77. The molecule has 0 aliphatic heterocycles. The molecule has 0 atom stereocenters. The van der Waals surface area contributed by atoms with Crippen molar-refractivity contribution < 1.29 is 9.90 Å². The van der Waals surface area contributed by atoms with Crippen LogP contribution in [0.1, 0.15) is 46.0 Å². The van der Waals surface area contributed by atoms with Gasteiger partial charge in [0.25, 0.3) is 0 Å². The molecule has 1 aliphatic rings. The predicted molar refractivity (Wildman–Crippen MR) is 82.6 cm³/mol. The maximum absolute atomic E-state index is 11.8. The summed E-state index contributed by atoms with van der Waals surface area (Å²) in [6, 6.07) is 0.713.